The third-order valence-corrected chi connectivity index (χ3v) is 5.49. The van der Waals surface area contributed by atoms with Gasteiger partial charge in [-0.1, -0.05) is 19.4 Å². The lowest BCUT2D eigenvalue weighted by Crippen LogP contribution is -2.51. The predicted octanol–water partition coefficient (Wildman–Crippen LogP) is 3.42. The molecule has 0 spiro atoms. The van der Waals surface area contributed by atoms with Crippen molar-refractivity contribution in [2.45, 2.75) is 104 Å². The number of aliphatic hydroxyl groups excluding tert-OH is 1. The Morgan fingerprint density at radius 1 is 1.16 bits per heavy atom. The minimum atomic E-state index is -0.803. The molecule has 2 N–H and O–H groups in total. The molecule has 1 rings (SSSR count). The van der Waals surface area contributed by atoms with Crippen LogP contribution in [0.5, 0.6) is 0 Å². The van der Waals surface area contributed by atoms with Crippen LogP contribution in [0.25, 0.3) is 0 Å². The van der Waals surface area contributed by atoms with Gasteiger partial charge in [0.15, 0.2) is 0 Å². The van der Waals surface area contributed by atoms with Crippen LogP contribution in [0.15, 0.2) is 12.7 Å². The van der Waals surface area contributed by atoms with Crippen LogP contribution < -0.4 is 5.32 Å². The van der Waals surface area contributed by atoms with Crippen LogP contribution in [0.4, 0.5) is 4.79 Å². The fourth-order valence-corrected chi connectivity index (χ4v) is 4.16. The third kappa shape index (κ3) is 8.11. The highest BCUT2D eigenvalue weighted by Gasteiger charge is 2.49. The van der Waals surface area contributed by atoms with Gasteiger partial charge in [0.05, 0.1) is 12.6 Å². The average molecular weight is 455 g/mol. The summed E-state index contributed by atoms with van der Waals surface area (Å²) in [5.74, 6) is -0.986. The Balaban J connectivity index is 3.32. The van der Waals surface area contributed by atoms with Crippen LogP contribution in [0.1, 0.15) is 74.7 Å². The van der Waals surface area contributed by atoms with Crippen molar-refractivity contribution in [2.75, 3.05) is 6.61 Å². The summed E-state index contributed by atoms with van der Waals surface area (Å²) < 4.78 is 11.3. The van der Waals surface area contributed by atoms with Crippen molar-refractivity contribution in [3.63, 3.8) is 0 Å². The van der Waals surface area contributed by atoms with Crippen LogP contribution >= 0.6 is 0 Å². The maximum Gasteiger partial charge on any atom is 0.411 e. The van der Waals surface area contributed by atoms with E-state index in [2.05, 4.69) is 11.9 Å². The number of amides is 2. The zero-order valence-corrected chi connectivity index (χ0v) is 20.9. The Morgan fingerprint density at radius 3 is 2.12 bits per heavy atom. The van der Waals surface area contributed by atoms with Crippen LogP contribution in [0, 0.1) is 11.8 Å². The number of nitrogens with zero attached hydrogens (tertiary/aromatic N) is 1. The highest BCUT2D eigenvalue weighted by Crippen LogP contribution is 2.38. The highest BCUT2D eigenvalue weighted by molar-refractivity contribution is 5.83. The first-order chi connectivity index (χ1) is 14.6. The smallest absolute Gasteiger partial charge is 0.411 e. The standard InChI is InChI=1S/C24H42N2O6/c1-10-16(18(14-27)25-15(3)28)12-19-17(11-2)13-20(21(29)31-23(4,5)6)26(19)22(30)32-24(7,8)9/h11,16-20,27H,2,10,12-14H2,1,3-9H3,(H,25,28)/t16?,17-,18?,19-,20-/m1/s1. The van der Waals surface area contributed by atoms with Crippen molar-refractivity contribution in [1.82, 2.24) is 10.2 Å². The van der Waals surface area contributed by atoms with Crippen LogP contribution in [-0.4, -0.2) is 63.9 Å². The second-order valence-electron chi connectivity index (χ2n) is 10.5. The van der Waals surface area contributed by atoms with E-state index in [0.717, 1.165) is 0 Å². The van der Waals surface area contributed by atoms with E-state index in [1.165, 1.54) is 11.8 Å². The first kappa shape index (κ1) is 27.9. The number of carbonyl (C=O) groups is 3. The Bertz CT molecular complexity index is 679. The molecule has 0 bridgehead atoms. The van der Waals surface area contributed by atoms with Gasteiger partial charge in [-0.15, -0.1) is 6.58 Å². The number of rotatable bonds is 8. The molecule has 5 atom stereocenters. The van der Waals surface area contributed by atoms with Gasteiger partial charge in [-0.25, -0.2) is 9.59 Å². The fraction of sp³-hybridized carbons (Fsp3) is 0.792. The van der Waals surface area contributed by atoms with Gasteiger partial charge in [-0.05, 0) is 66.2 Å². The lowest BCUT2D eigenvalue weighted by Gasteiger charge is -2.36. The largest absolute Gasteiger partial charge is 0.458 e. The SMILES string of the molecule is C=C[C@@H]1C[C@H](C(=O)OC(C)(C)C)N(C(=O)OC(C)(C)C)[C@@H]1CC(CC)C(CO)NC(C)=O. The molecular formula is C24H42N2O6. The Hall–Kier alpha value is -2.09. The maximum atomic E-state index is 13.2. The molecule has 2 unspecified atom stereocenters. The zero-order valence-electron chi connectivity index (χ0n) is 20.9. The minimum Gasteiger partial charge on any atom is -0.458 e. The van der Waals surface area contributed by atoms with Crippen LogP contribution in [0.2, 0.25) is 0 Å². The summed E-state index contributed by atoms with van der Waals surface area (Å²) in [7, 11) is 0. The molecular weight excluding hydrogens is 412 g/mol. The van der Waals surface area contributed by atoms with E-state index in [4.69, 9.17) is 9.47 Å². The van der Waals surface area contributed by atoms with Crippen molar-refractivity contribution in [1.29, 1.82) is 0 Å². The van der Waals surface area contributed by atoms with Crippen molar-refractivity contribution in [3.8, 4) is 0 Å². The number of likely N-dealkylation sites (tertiary alicyclic amines) is 1. The van der Waals surface area contributed by atoms with Gasteiger partial charge in [0, 0.05) is 13.0 Å². The molecule has 0 saturated carbocycles. The molecule has 0 radical (unpaired) electrons. The van der Waals surface area contributed by atoms with E-state index >= 15 is 0 Å². The maximum absolute atomic E-state index is 13.2. The molecule has 1 aliphatic heterocycles. The topological polar surface area (TPSA) is 105 Å². The number of hydrogen-bond acceptors (Lipinski definition) is 6. The van der Waals surface area contributed by atoms with Gasteiger partial charge >= 0.3 is 12.1 Å². The van der Waals surface area contributed by atoms with E-state index in [9.17, 15) is 19.5 Å². The average Bonchev–Trinajstić information content (AvgIpc) is 3.00. The molecule has 0 aromatic carbocycles. The Kier molecular flexibility index (Phi) is 9.75. The monoisotopic (exact) mass is 454 g/mol. The Morgan fingerprint density at radius 2 is 1.72 bits per heavy atom. The number of ether oxygens (including phenoxy) is 2. The molecule has 0 aliphatic carbocycles. The van der Waals surface area contributed by atoms with Gasteiger partial charge in [0.25, 0.3) is 0 Å². The number of esters is 1. The Labute approximate surface area is 192 Å². The normalized spacial score (nSPS) is 23.3. The molecule has 1 saturated heterocycles. The number of aliphatic hydroxyl groups is 1. The molecule has 1 heterocycles. The van der Waals surface area contributed by atoms with Crippen molar-refractivity contribution in [3.05, 3.63) is 12.7 Å². The van der Waals surface area contributed by atoms with E-state index in [0.29, 0.717) is 19.3 Å². The first-order valence-corrected chi connectivity index (χ1v) is 11.4. The lowest BCUT2D eigenvalue weighted by molar-refractivity contribution is -0.160. The van der Waals surface area contributed by atoms with Gasteiger partial charge < -0.3 is 19.9 Å². The van der Waals surface area contributed by atoms with Crippen LogP contribution in [-0.2, 0) is 19.1 Å². The molecule has 32 heavy (non-hydrogen) atoms. The van der Waals surface area contributed by atoms with Gasteiger partial charge in [-0.2, -0.15) is 0 Å². The third-order valence-electron chi connectivity index (χ3n) is 5.49. The molecule has 1 aliphatic rings. The molecule has 184 valence electrons. The van der Waals surface area contributed by atoms with E-state index in [-0.39, 0.29) is 30.4 Å². The van der Waals surface area contributed by atoms with Crippen molar-refractivity contribution < 1.29 is 29.0 Å². The highest BCUT2D eigenvalue weighted by atomic mass is 16.6. The fourth-order valence-electron chi connectivity index (χ4n) is 4.16. The quantitative estimate of drug-likeness (QED) is 0.430. The van der Waals surface area contributed by atoms with Crippen LogP contribution in [0.3, 0.4) is 0 Å². The summed E-state index contributed by atoms with van der Waals surface area (Å²) in [6.07, 6.45) is 2.69. The number of hydrogen-bond donors (Lipinski definition) is 2. The molecule has 2 amide bonds. The summed E-state index contributed by atoms with van der Waals surface area (Å²) in [4.78, 5) is 39.4. The zero-order chi connectivity index (χ0) is 24.9. The molecule has 1 fully saturated rings. The number of nitrogens with one attached hydrogen (secondary N) is 1. The summed E-state index contributed by atoms with van der Waals surface area (Å²) in [6, 6.07) is -1.64. The molecule has 0 aromatic heterocycles. The van der Waals surface area contributed by atoms with E-state index < -0.39 is 35.3 Å². The first-order valence-electron chi connectivity index (χ1n) is 11.4. The minimum absolute atomic E-state index is 0.112. The number of carbonyl (C=O) groups excluding carboxylic acids is 3. The van der Waals surface area contributed by atoms with Gasteiger partial charge in [-0.3, -0.25) is 9.69 Å². The molecule has 8 heteroatoms. The van der Waals surface area contributed by atoms with E-state index in [1.54, 1.807) is 47.6 Å². The van der Waals surface area contributed by atoms with Crippen molar-refractivity contribution in [2.24, 2.45) is 11.8 Å². The summed E-state index contributed by atoms with van der Waals surface area (Å²) in [5.41, 5.74) is -1.43. The second-order valence-corrected chi connectivity index (χ2v) is 10.5. The summed E-state index contributed by atoms with van der Waals surface area (Å²) in [5, 5.41) is 12.6. The van der Waals surface area contributed by atoms with E-state index in [1.807, 2.05) is 6.92 Å². The van der Waals surface area contributed by atoms with Gasteiger partial charge in [0.2, 0.25) is 5.91 Å². The van der Waals surface area contributed by atoms with Gasteiger partial charge in [0.1, 0.15) is 17.2 Å². The molecule has 8 nitrogen and oxygen atoms in total. The summed E-state index contributed by atoms with van der Waals surface area (Å²) in [6.45, 7) is 17.8. The lowest BCUT2D eigenvalue weighted by atomic mass is 9.85. The molecule has 0 aromatic rings. The van der Waals surface area contributed by atoms with Crippen molar-refractivity contribution >= 4 is 18.0 Å². The predicted molar refractivity (Wildman–Crippen MR) is 123 cm³/mol. The summed E-state index contributed by atoms with van der Waals surface area (Å²) >= 11 is 0. The second kappa shape index (κ2) is 11.2.